The molecule has 0 N–H and O–H groups in total. The topological polar surface area (TPSA) is 25.8 Å². The molecular formula is C17H9Cl2F3N2S. The van der Waals surface area contributed by atoms with Gasteiger partial charge in [0.2, 0.25) is 0 Å². The molecule has 0 saturated carbocycles. The van der Waals surface area contributed by atoms with Gasteiger partial charge >= 0.3 is 0 Å². The number of nitrogens with zero attached hydrogens (tertiary/aromatic N) is 2. The standard InChI is InChI=1S/C17H9Cl2F3N2S/c1-8-16(25-10-4-2-9(18)3-5-10)14(17(19)24-23-8)13-11(20)6-7-12(21)15(13)22/h2-7H,1H3. The Hall–Kier alpha value is -1.76. The van der Waals surface area contributed by atoms with Crippen molar-refractivity contribution >= 4 is 35.0 Å². The molecule has 0 bridgehead atoms. The van der Waals surface area contributed by atoms with Crippen LogP contribution in [0.2, 0.25) is 10.2 Å². The third-order valence-electron chi connectivity index (χ3n) is 3.38. The molecule has 0 fully saturated rings. The molecule has 128 valence electrons. The summed E-state index contributed by atoms with van der Waals surface area (Å²) in [6.45, 7) is 1.63. The van der Waals surface area contributed by atoms with Gasteiger partial charge < -0.3 is 0 Å². The van der Waals surface area contributed by atoms with Crippen LogP contribution in [0, 0.1) is 24.4 Å². The lowest BCUT2D eigenvalue weighted by Gasteiger charge is -2.14. The smallest absolute Gasteiger partial charge is 0.169 e. The van der Waals surface area contributed by atoms with Crippen molar-refractivity contribution in [1.29, 1.82) is 0 Å². The van der Waals surface area contributed by atoms with Gasteiger partial charge in [0.1, 0.15) is 5.82 Å². The largest absolute Gasteiger partial charge is 0.206 e. The van der Waals surface area contributed by atoms with Crippen LogP contribution in [0.3, 0.4) is 0 Å². The molecule has 0 unspecified atom stereocenters. The zero-order valence-corrected chi connectivity index (χ0v) is 15.0. The molecule has 0 radical (unpaired) electrons. The van der Waals surface area contributed by atoms with E-state index in [0.717, 1.165) is 17.0 Å². The molecule has 0 spiro atoms. The van der Waals surface area contributed by atoms with Crippen LogP contribution in [0.1, 0.15) is 5.69 Å². The number of aryl methyl sites for hydroxylation is 1. The number of aromatic nitrogens is 2. The molecule has 3 aromatic rings. The van der Waals surface area contributed by atoms with Gasteiger partial charge in [-0.3, -0.25) is 0 Å². The van der Waals surface area contributed by atoms with Gasteiger partial charge in [0.15, 0.2) is 16.8 Å². The van der Waals surface area contributed by atoms with Gasteiger partial charge in [-0.25, -0.2) is 13.2 Å². The van der Waals surface area contributed by atoms with E-state index in [0.29, 0.717) is 15.6 Å². The molecule has 2 aromatic carbocycles. The van der Waals surface area contributed by atoms with E-state index < -0.39 is 23.0 Å². The Morgan fingerprint density at radius 1 is 0.840 bits per heavy atom. The Labute approximate surface area is 156 Å². The van der Waals surface area contributed by atoms with Crippen molar-refractivity contribution in [3.05, 3.63) is 69.7 Å². The van der Waals surface area contributed by atoms with E-state index in [4.69, 9.17) is 23.2 Å². The summed E-state index contributed by atoms with van der Waals surface area (Å²) in [4.78, 5) is 1.13. The van der Waals surface area contributed by atoms with Crippen LogP contribution in [0.5, 0.6) is 0 Å². The van der Waals surface area contributed by atoms with Gasteiger partial charge in [-0.05, 0) is 43.3 Å². The molecule has 0 atom stereocenters. The van der Waals surface area contributed by atoms with Crippen LogP contribution < -0.4 is 0 Å². The number of halogens is 5. The minimum absolute atomic E-state index is 0.0383. The van der Waals surface area contributed by atoms with E-state index in [2.05, 4.69) is 10.2 Å². The van der Waals surface area contributed by atoms with E-state index in [1.165, 1.54) is 11.8 Å². The van der Waals surface area contributed by atoms with Crippen LogP contribution in [-0.4, -0.2) is 10.2 Å². The van der Waals surface area contributed by atoms with Crippen molar-refractivity contribution < 1.29 is 13.2 Å². The number of hydrogen-bond donors (Lipinski definition) is 0. The summed E-state index contributed by atoms with van der Waals surface area (Å²) in [5.74, 6) is -3.44. The third-order valence-corrected chi connectivity index (χ3v) is 5.11. The van der Waals surface area contributed by atoms with E-state index in [-0.39, 0.29) is 10.7 Å². The molecule has 1 heterocycles. The quantitative estimate of drug-likeness (QED) is 0.480. The molecule has 0 saturated heterocycles. The zero-order chi connectivity index (χ0) is 18.1. The highest BCUT2D eigenvalue weighted by molar-refractivity contribution is 7.99. The van der Waals surface area contributed by atoms with Crippen molar-refractivity contribution in [2.75, 3.05) is 0 Å². The second-order valence-corrected chi connectivity index (χ2v) is 6.93. The van der Waals surface area contributed by atoms with Gasteiger partial charge in [-0.1, -0.05) is 35.0 Å². The summed E-state index contributed by atoms with van der Waals surface area (Å²) < 4.78 is 42.2. The number of hydrogen-bond acceptors (Lipinski definition) is 3. The van der Waals surface area contributed by atoms with Crippen LogP contribution >= 0.6 is 35.0 Å². The average molecular weight is 401 g/mol. The van der Waals surface area contributed by atoms with Gasteiger partial charge in [0.05, 0.1) is 11.3 Å². The van der Waals surface area contributed by atoms with Gasteiger partial charge in [-0.2, -0.15) is 5.10 Å². The fourth-order valence-corrected chi connectivity index (χ4v) is 3.61. The van der Waals surface area contributed by atoms with Crippen molar-refractivity contribution in [3.63, 3.8) is 0 Å². The van der Waals surface area contributed by atoms with Gasteiger partial charge in [0.25, 0.3) is 0 Å². The molecule has 2 nitrogen and oxygen atoms in total. The number of benzene rings is 2. The van der Waals surface area contributed by atoms with Crippen molar-refractivity contribution in [2.45, 2.75) is 16.7 Å². The van der Waals surface area contributed by atoms with Crippen molar-refractivity contribution in [3.8, 4) is 11.1 Å². The summed E-state index contributed by atoms with van der Waals surface area (Å²) in [5.41, 5.74) is -0.203. The summed E-state index contributed by atoms with van der Waals surface area (Å²) in [5, 5.41) is 7.93. The molecule has 0 aliphatic carbocycles. The normalized spacial score (nSPS) is 11.0. The monoisotopic (exact) mass is 400 g/mol. The maximum atomic E-state index is 14.3. The third kappa shape index (κ3) is 3.61. The minimum atomic E-state index is -1.33. The highest BCUT2D eigenvalue weighted by atomic mass is 35.5. The van der Waals surface area contributed by atoms with Crippen LogP contribution in [0.4, 0.5) is 13.2 Å². The molecular weight excluding hydrogens is 392 g/mol. The molecule has 0 amide bonds. The van der Waals surface area contributed by atoms with Crippen molar-refractivity contribution in [1.82, 2.24) is 10.2 Å². The lowest BCUT2D eigenvalue weighted by atomic mass is 10.1. The number of rotatable bonds is 3. The van der Waals surface area contributed by atoms with E-state index in [9.17, 15) is 13.2 Å². The lowest BCUT2D eigenvalue weighted by molar-refractivity contribution is 0.498. The van der Waals surface area contributed by atoms with Crippen molar-refractivity contribution in [2.24, 2.45) is 0 Å². The van der Waals surface area contributed by atoms with E-state index in [1.807, 2.05) is 0 Å². The highest BCUT2D eigenvalue weighted by Gasteiger charge is 2.24. The molecule has 8 heteroatoms. The predicted octanol–water partition coefficient (Wildman–Crippen LogP) is 6.33. The Morgan fingerprint density at radius 3 is 2.16 bits per heavy atom. The Balaban J connectivity index is 2.22. The molecule has 1 aromatic heterocycles. The van der Waals surface area contributed by atoms with Crippen LogP contribution in [0.15, 0.2) is 46.2 Å². The first kappa shape index (κ1) is 18.0. The Bertz CT molecular complexity index is 950. The minimum Gasteiger partial charge on any atom is -0.206 e. The Kier molecular flexibility index (Phi) is 5.22. The highest BCUT2D eigenvalue weighted by Crippen LogP contribution is 2.42. The molecule has 0 aliphatic heterocycles. The fraction of sp³-hybridized carbons (Fsp3) is 0.0588. The second-order valence-electron chi connectivity index (χ2n) is 5.05. The SMILES string of the molecule is Cc1nnc(Cl)c(-c2c(F)ccc(F)c2F)c1Sc1ccc(Cl)cc1. The zero-order valence-electron chi connectivity index (χ0n) is 12.7. The van der Waals surface area contributed by atoms with Crippen LogP contribution in [0.25, 0.3) is 11.1 Å². The maximum Gasteiger partial charge on any atom is 0.169 e. The summed E-state index contributed by atoms with van der Waals surface area (Å²) >= 11 is 13.1. The first-order valence-corrected chi connectivity index (χ1v) is 8.55. The van der Waals surface area contributed by atoms with E-state index in [1.54, 1.807) is 31.2 Å². The average Bonchev–Trinajstić information content (AvgIpc) is 2.59. The Morgan fingerprint density at radius 2 is 1.48 bits per heavy atom. The predicted molar refractivity (Wildman–Crippen MR) is 92.7 cm³/mol. The molecule has 3 rings (SSSR count). The van der Waals surface area contributed by atoms with Gasteiger partial charge in [0, 0.05) is 20.4 Å². The summed E-state index contributed by atoms with van der Waals surface area (Å²) in [7, 11) is 0. The van der Waals surface area contributed by atoms with Gasteiger partial charge in [-0.15, -0.1) is 5.10 Å². The van der Waals surface area contributed by atoms with Crippen LogP contribution in [-0.2, 0) is 0 Å². The lowest BCUT2D eigenvalue weighted by Crippen LogP contribution is -2.01. The summed E-state index contributed by atoms with van der Waals surface area (Å²) in [6, 6.07) is 8.40. The first-order valence-electron chi connectivity index (χ1n) is 6.98. The molecule has 25 heavy (non-hydrogen) atoms. The summed E-state index contributed by atoms with van der Waals surface area (Å²) in [6.07, 6.45) is 0. The first-order chi connectivity index (χ1) is 11.9. The second kappa shape index (κ2) is 7.23. The van der Waals surface area contributed by atoms with E-state index >= 15 is 0 Å². The maximum absolute atomic E-state index is 14.3. The molecule has 0 aliphatic rings. The fourth-order valence-electron chi connectivity index (χ4n) is 2.21.